The second-order valence-corrected chi connectivity index (χ2v) is 5.23. The molecule has 0 unspecified atom stereocenters. The highest BCUT2D eigenvalue weighted by atomic mass is 16.5. The molecule has 110 valence electrons. The van der Waals surface area contributed by atoms with E-state index in [-0.39, 0.29) is 5.69 Å². The summed E-state index contributed by atoms with van der Waals surface area (Å²) in [6.45, 7) is 2.52. The van der Waals surface area contributed by atoms with Gasteiger partial charge in [-0.25, -0.2) is 5.84 Å². The number of amides is 1. The van der Waals surface area contributed by atoms with Gasteiger partial charge in [-0.1, -0.05) is 29.4 Å². The SMILES string of the molecule is NNC(=O)c1cc(CN2CCCc3ccccc3C2)on1. The highest BCUT2D eigenvalue weighted by Gasteiger charge is 2.17. The number of nitrogens with one attached hydrogen (secondary N) is 1. The molecule has 0 aliphatic carbocycles. The van der Waals surface area contributed by atoms with Gasteiger partial charge in [0.05, 0.1) is 6.54 Å². The first-order valence-corrected chi connectivity index (χ1v) is 7.02. The fourth-order valence-corrected chi connectivity index (χ4v) is 2.69. The molecule has 1 aliphatic rings. The topological polar surface area (TPSA) is 84.4 Å². The molecule has 0 bridgehead atoms. The highest BCUT2D eigenvalue weighted by molar-refractivity contribution is 5.91. The van der Waals surface area contributed by atoms with E-state index in [9.17, 15) is 4.79 Å². The lowest BCUT2D eigenvalue weighted by atomic mass is 10.0. The molecule has 21 heavy (non-hydrogen) atoms. The molecule has 1 aromatic carbocycles. The molecule has 2 aromatic rings. The summed E-state index contributed by atoms with van der Waals surface area (Å²) in [6.07, 6.45) is 2.21. The standard InChI is InChI=1S/C15H18N4O2/c16-17-15(20)14-8-13(21-18-14)10-19-7-3-6-11-4-1-2-5-12(11)9-19/h1-2,4-5,8H,3,6-7,9-10,16H2,(H,17,20). The van der Waals surface area contributed by atoms with Gasteiger partial charge in [0.1, 0.15) is 0 Å². The van der Waals surface area contributed by atoms with Gasteiger partial charge in [0.25, 0.3) is 5.91 Å². The number of benzene rings is 1. The van der Waals surface area contributed by atoms with Crippen molar-refractivity contribution in [2.24, 2.45) is 5.84 Å². The van der Waals surface area contributed by atoms with Crippen LogP contribution in [0.25, 0.3) is 0 Å². The van der Waals surface area contributed by atoms with Crippen LogP contribution in [0.2, 0.25) is 0 Å². The fraction of sp³-hybridized carbons (Fsp3) is 0.333. The first-order valence-electron chi connectivity index (χ1n) is 7.02. The number of hydrazine groups is 1. The van der Waals surface area contributed by atoms with Crippen LogP contribution < -0.4 is 11.3 Å². The van der Waals surface area contributed by atoms with E-state index < -0.39 is 5.91 Å². The summed E-state index contributed by atoms with van der Waals surface area (Å²) in [5.74, 6) is 5.32. The zero-order valence-corrected chi connectivity index (χ0v) is 11.7. The maximum atomic E-state index is 11.4. The summed E-state index contributed by atoms with van der Waals surface area (Å²) in [7, 11) is 0. The molecular formula is C15H18N4O2. The first kappa shape index (κ1) is 13.8. The van der Waals surface area contributed by atoms with Gasteiger partial charge >= 0.3 is 0 Å². The minimum Gasteiger partial charge on any atom is -0.359 e. The summed E-state index contributed by atoms with van der Waals surface area (Å²) < 4.78 is 5.21. The Kier molecular flexibility index (Phi) is 3.98. The van der Waals surface area contributed by atoms with Gasteiger partial charge in [0.2, 0.25) is 0 Å². The summed E-state index contributed by atoms with van der Waals surface area (Å²) in [6, 6.07) is 10.2. The number of rotatable bonds is 3. The van der Waals surface area contributed by atoms with Crippen LogP contribution in [0.1, 0.15) is 33.8 Å². The van der Waals surface area contributed by atoms with Gasteiger partial charge < -0.3 is 4.52 Å². The maximum absolute atomic E-state index is 11.4. The molecule has 1 aliphatic heterocycles. The summed E-state index contributed by atoms with van der Waals surface area (Å²) in [4.78, 5) is 13.7. The molecule has 0 spiro atoms. The Morgan fingerprint density at radius 1 is 1.38 bits per heavy atom. The fourth-order valence-electron chi connectivity index (χ4n) is 2.69. The predicted molar refractivity (Wildman–Crippen MR) is 77.0 cm³/mol. The quantitative estimate of drug-likeness (QED) is 0.503. The third-order valence-corrected chi connectivity index (χ3v) is 3.73. The smallest absolute Gasteiger partial charge is 0.287 e. The van der Waals surface area contributed by atoms with Crippen molar-refractivity contribution in [1.29, 1.82) is 0 Å². The lowest BCUT2D eigenvalue weighted by Gasteiger charge is -2.18. The minimum atomic E-state index is -0.439. The van der Waals surface area contributed by atoms with E-state index in [2.05, 4.69) is 34.3 Å². The molecule has 0 atom stereocenters. The third kappa shape index (κ3) is 3.12. The van der Waals surface area contributed by atoms with Crippen LogP contribution >= 0.6 is 0 Å². The summed E-state index contributed by atoms with van der Waals surface area (Å²) >= 11 is 0. The Morgan fingerprint density at radius 2 is 2.19 bits per heavy atom. The van der Waals surface area contributed by atoms with Crippen molar-refractivity contribution in [3.05, 3.63) is 52.9 Å². The van der Waals surface area contributed by atoms with Crippen molar-refractivity contribution < 1.29 is 9.32 Å². The van der Waals surface area contributed by atoms with Crippen LogP contribution in [-0.2, 0) is 19.5 Å². The second-order valence-electron chi connectivity index (χ2n) is 5.23. The second kappa shape index (κ2) is 6.07. The average Bonchev–Trinajstić information content (AvgIpc) is 2.86. The van der Waals surface area contributed by atoms with Crippen LogP contribution in [0.15, 0.2) is 34.9 Å². The third-order valence-electron chi connectivity index (χ3n) is 3.73. The van der Waals surface area contributed by atoms with E-state index in [4.69, 9.17) is 10.4 Å². The van der Waals surface area contributed by atoms with Crippen molar-refractivity contribution in [1.82, 2.24) is 15.5 Å². The first-order chi connectivity index (χ1) is 10.3. The highest BCUT2D eigenvalue weighted by Crippen LogP contribution is 2.20. The van der Waals surface area contributed by atoms with E-state index in [1.165, 1.54) is 11.1 Å². The van der Waals surface area contributed by atoms with E-state index >= 15 is 0 Å². The Labute approximate surface area is 122 Å². The van der Waals surface area contributed by atoms with Crippen molar-refractivity contribution in [2.45, 2.75) is 25.9 Å². The Hall–Kier alpha value is -2.18. The number of hydrogen-bond acceptors (Lipinski definition) is 5. The van der Waals surface area contributed by atoms with E-state index in [1.807, 2.05) is 5.43 Å². The molecule has 6 nitrogen and oxygen atoms in total. The van der Waals surface area contributed by atoms with Gasteiger partial charge in [0.15, 0.2) is 11.5 Å². The molecule has 0 saturated heterocycles. The minimum absolute atomic E-state index is 0.211. The van der Waals surface area contributed by atoms with Crippen molar-refractivity contribution in [2.75, 3.05) is 6.54 Å². The molecule has 1 amide bonds. The van der Waals surface area contributed by atoms with Gasteiger partial charge in [0, 0.05) is 12.6 Å². The molecule has 0 radical (unpaired) electrons. The summed E-state index contributed by atoms with van der Waals surface area (Å²) in [5.41, 5.74) is 5.03. The van der Waals surface area contributed by atoms with Crippen LogP contribution in [0.3, 0.4) is 0 Å². The predicted octanol–water partition coefficient (Wildman–Crippen LogP) is 1.23. The van der Waals surface area contributed by atoms with Gasteiger partial charge in [-0.15, -0.1) is 0 Å². The number of aromatic nitrogens is 1. The zero-order valence-electron chi connectivity index (χ0n) is 11.7. The van der Waals surface area contributed by atoms with E-state index in [0.717, 1.165) is 25.9 Å². The Balaban J connectivity index is 1.70. The molecular weight excluding hydrogens is 268 g/mol. The normalized spacial score (nSPS) is 15.3. The Bertz CT molecular complexity index is 638. The van der Waals surface area contributed by atoms with Gasteiger partial charge in [-0.05, 0) is 30.5 Å². The van der Waals surface area contributed by atoms with E-state index in [0.29, 0.717) is 12.3 Å². The lowest BCUT2D eigenvalue weighted by molar-refractivity contribution is 0.0944. The van der Waals surface area contributed by atoms with Gasteiger partial charge in [-0.3, -0.25) is 15.1 Å². The number of nitrogens with zero attached hydrogens (tertiary/aromatic N) is 2. The number of nitrogens with two attached hydrogens (primary N) is 1. The largest absolute Gasteiger partial charge is 0.359 e. The zero-order chi connectivity index (χ0) is 14.7. The maximum Gasteiger partial charge on any atom is 0.287 e. The number of carbonyl (C=O) groups is 1. The molecule has 0 fully saturated rings. The average molecular weight is 286 g/mol. The van der Waals surface area contributed by atoms with Crippen molar-refractivity contribution in [3.8, 4) is 0 Å². The van der Waals surface area contributed by atoms with Crippen molar-refractivity contribution in [3.63, 3.8) is 0 Å². The van der Waals surface area contributed by atoms with E-state index in [1.54, 1.807) is 6.07 Å². The van der Waals surface area contributed by atoms with Crippen LogP contribution in [0.4, 0.5) is 0 Å². The molecule has 3 rings (SSSR count). The Morgan fingerprint density at radius 3 is 3.00 bits per heavy atom. The number of aryl methyl sites for hydroxylation is 1. The molecule has 2 heterocycles. The number of fused-ring (bicyclic) bond motifs is 1. The monoisotopic (exact) mass is 286 g/mol. The van der Waals surface area contributed by atoms with Crippen LogP contribution in [0.5, 0.6) is 0 Å². The lowest BCUT2D eigenvalue weighted by Crippen LogP contribution is -2.30. The number of carbonyl (C=O) groups excluding carboxylic acids is 1. The summed E-state index contributed by atoms with van der Waals surface area (Å²) in [5, 5.41) is 3.73. The van der Waals surface area contributed by atoms with Gasteiger partial charge in [-0.2, -0.15) is 0 Å². The number of nitrogen functional groups attached to an aromatic ring is 1. The molecule has 0 saturated carbocycles. The molecule has 1 aromatic heterocycles. The number of hydrogen-bond donors (Lipinski definition) is 2. The van der Waals surface area contributed by atoms with Crippen LogP contribution in [0, 0.1) is 0 Å². The molecule has 6 heteroatoms. The van der Waals surface area contributed by atoms with Crippen LogP contribution in [-0.4, -0.2) is 22.5 Å². The molecule has 3 N–H and O–H groups in total. The van der Waals surface area contributed by atoms with Crippen molar-refractivity contribution >= 4 is 5.91 Å².